The van der Waals surface area contributed by atoms with Gasteiger partial charge in [0.1, 0.15) is 10.8 Å². The summed E-state index contributed by atoms with van der Waals surface area (Å²) in [6.45, 7) is 3.57. The first-order valence-corrected chi connectivity index (χ1v) is 8.74. The molecule has 0 saturated heterocycles. The van der Waals surface area contributed by atoms with Crippen LogP contribution in [0, 0.1) is 0 Å². The molecule has 0 aliphatic carbocycles. The summed E-state index contributed by atoms with van der Waals surface area (Å²) in [4.78, 5) is 27.9. The van der Waals surface area contributed by atoms with Gasteiger partial charge in [-0.25, -0.2) is 4.98 Å². The van der Waals surface area contributed by atoms with Crippen LogP contribution in [0.1, 0.15) is 29.2 Å². The summed E-state index contributed by atoms with van der Waals surface area (Å²) in [5.41, 5.74) is 1.55. The Bertz CT molecular complexity index is 869. The van der Waals surface area contributed by atoms with E-state index in [-0.39, 0.29) is 11.7 Å². The van der Waals surface area contributed by atoms with E-state index in [1.54, 1.807) is 42.5 Å². The van der Waals surface area contributed by atoms with Crippen LogP contribution in [0.25, 0.3) is 10.2 Å². The Morgan fingerprint density at radius 2 is 1.88 bits per heavy atom. The van der Waals surface area contributed by atoms with Crippen LogP contribution in [0.5, 0.6) is 5.75 Å². The zero-order chi connectivity index (χ0) is 17.8. The van der Waals surface area contributed by atoms with Crippen LogP contribution in [-0.2, 0) is 11.3 Å². The third-order valence-corrected chi connectivity index (χ3v) is 4.73. The normalized spacial score (nSPS) is 11.9. The molecule has 3 aromatic rings. The van der Waals surface area contributed by atoms with Crippen molar-refractivity contribution in [1.82, 2.24) is 10.3 Å². The largest absolute Gasteiger partial charge is 0.481 e. The van der Waals surface area contributed by atoms with Gasteiger partial charge in [0.15, 0.2) is 11.9 Å². The van der Waals surface area contributed by atoms with Gasteiger partial charge in [-0.15, -0.1) is 11.3 Å². The Kier molecular flexibility index (Phi) is 5.09. The lowest BCUT2D eigenvalue weighted by Crippen LogP contribution is -2.35. The number of carbonyl (C=O) groups excluding carboxylic acids is 2. The molecule has 0 spiro atoms. The minimum absolute atomic E-state index is 0.00632. The van der Waals surface area contributed by atoms with Crippen LogP contribution in [0.3, 0.4) is 0 Å². The Morgan fingerprint density at radius 3 is 2.56 bits per heavy atom. The van der Waals surface area contributed by atoms with E-state index >= 15 is 0 Å². The van der Waals surface area contributed by atoms with E-state index in [1.807, 2.05) is 24.3 Å². The van der Waals surface area contributed by atoms with Crippen LogP contribution in [-0.4, -0.2) is 22.8 Å². The van der Waals surface area contributed by atoms with Gasteiger partial charge in [0.25, 0.3) is 5.91 Å². The second-order valence-electron chi connectivity index (χ2n) is 5.63. The molecule has 0 aliphatic heterocycles. The van der Waals surface area contributed by atoms with Crippen LogP contribution in [0.15, 0.2) is 48.5 Å². The maximum absolute atomic E-state index is 12.2. The van der Waals surface area contributed by atoms with Gasteiger partial charge in [0.05, 0.1) is 16.8 Å². The molecule has 1 aromatic heterocycles. The van der Waals surface area contributed by atoms with Gasteiger partial charge in [0, 0.05) is 5.56 Å². The average Bonchev–Trinajstić information content (AvgIpc) is 3.03. The standard InChI is InChI=1S/C19H18N2O3S/c1-12(22)14-7-9-15(10-8-14)24-13(2)19(23)20-11-18-21-16-5-3-4-6-17(16)25-18/h3-10,13H,11H2,1-2H3,(H,20,23)/t13-/m1/s1. The number of hydrogen-bond donors (Lipinski definition) is 1. The number of benzene rings is 2. The number of rotatable bonds is 6. The Balaban J connectivity index is 1.56. The number of nitrogens with one attached hydrogen (secondary N) is 1. The average molecular weight is 354 g/mol. The summed E-state index contributed by atoms with van der Waals surface area (Å²) in [5, 5.41) is 3.69. The molecule has 1 atom stereocenters. The second-order valence-corrected chi connectivity index (χ2v) is 6.75. The molecular formula is C19H18N2O3S. The lowest BCUT2D eigenvalue weighted by Gasteiger charge is -2.14. The van der Waals surface area contributed by atoms with Crippen molar-refractivity contribution in [3.63, 3.8) is 0 Å². The summed E-state index contributed by atoms with van der Waals surface area (Å²) in [6.07, 6.45) is -0.641. The third-order valence-electron chi connectivity index (χ3n) is 3.69. The molecule has 0 unspecified atom stereocenters. The molecule has 3 rings (SSSR count). The molecule has 0 saturated carbocycles. The van der Waals surface area contributed by atoms with Crippen molar-refractivity contribution < 1.29 is 14.3 Å². The molecule has 1 N–H and O–H groups in total. The van der Waals surface area contributed by atoms with Crippen LogP contribution in [0.4, 0.5) is 0 Å². The molecular weight excluding hydrogens is 336 g/mol. The Labute approximate surface area is 149 Å². The highest BCUT2D eigenvalue weighted by Gasteiger charge is 2.15. The van der Waals surface area contributed by atoms with E-state index in [0.29, 0.717) is 17.9 Å². The van der Waals surface area contributed by atoms with Crippen molar-refractivity contribution in [2.24, 2.45) is 0 Å². The Hall–Kier alpha value is -2.73. The maximum atomic E-state index is 12.2. The van der Waals surface area contributed by atoms with Gasteiger partial charge in [-0.1, -0.05) is 12.1 Å². The fraction of sp³-hybridized carbons (Fsp3) is 0.211. The van der Waals surface area contributed by atoms with Crippen molar-refractivity contribution in [1.29, 1.82) is 0 Å². The van der Waals surface area contributed by atoms with E-state index in [1.165, 1.54) is 6.92 Å². The first kappa shape index (κ1) is 17.1. The van der Waals surface area contributed by atoms with Gasteiger partial charge in [-0.3, -0.25) is 9.59 Å². The van der Waals surface area contributed by atoms with E-state index in [0.717, 1.165) is 15.2 Å². The van der Waals surface area contributed by atoms with Gasteiger partial charge in [-0.05, 0) is 50.2 Å². The number of ketones is 1. The van der Waals surface area contributed by atoms with Crippen molar-refractivity contribution in [2.45, 2.75) is 26.5 Å². The van der Waals surface area contributed by atoms with Crippen LogP contribution < -0.4 is 10.1 Å². The summed E-state index contributed by atoms with van der Waals surface area (Å²) < 4.78 is 6.72. The predicted octanol–water partition coefficient (Wildman–Crippen LogP) is 3.58. The van der Waals surface area contributed by atoms with Crippen molar-refractivity contribution in [2.75, 3.05) is 0 Å². The van der Waals surface area contributed by atoms with Crippen molar-refractivity contribution in [3.8, 4) is 5.75 Å². The number of amides is 1. The number of hydrogen-bond acceptors (Lipinski definition) is 5. The topological polar surface area (TPSA) is 68.3 Å². The van der Waals surface area contributed by atoms with E-state index in [2.05, 4.69) is 10.3 Å². The quantitative estimate of drug-likeness (QED) is 0.687. The zero-order valence-electron chi connectivity index (χ0n) is 14.0. The first-order valence-electron chi connectivity index (χ1n) is 7.93. The number of para-hydroxylation sites is 1. The molecule has 0 radical (unpaired) electrons. The van der Waals surface area contributed by atoms with Gasteiger partial charge >= 0.3 is 0 Å². The van der Waals surface area contributed by atoms with E-state index in [4.69, 9.17) is 4.74 Å². The molecule has 1 heterocycles. The predicted molar refractivity (Wildman–Crippen MR) is 98.0 cm³/mol. The van der Waals surface area contributed by atoms with Gasteiger partial charge < -0.3 is 10.1 Å². The molecule has 2 aromatic carbocycles. The molecule has 0 bridgehead atoms. The highest BCUT2D eigenvalue weighted by Crippen LogP contribution is 2.21. The third kappa shape index (κ3) is 4.22. The fourth-order valence-electron chi connectivity index (χ4n) is 2.33. The molecule has 25 heavy (non-hydrogen) atoms. The molecule has 128 valence electrons. The lowest BCUT2D eigenvalue weighted by molar-refractivity contribution is -0.127. The molecule has 5 nitrogen and oxygen atoms in total. The Morgan fingerprint density at radius 1 is 1.16 bits per heavy atom. The number of carbonyl (C=O) groups is 2. The number of fused-ring (bicyclic) bond motifs is 1. The molecule has 6 heteroatoms. The molecule has 0 aliphatic rings. The molecule has 1 amide bonds. The summed E-state index contributed by atoms with van der Waals surface area (Å²) in [6, 6.07) is 14.6. The maximum Gasteiger partial charge on any atom is 0.261 e. The lowest BCUT2D eigenvalue weighted by atomic mass is 10.1. The van der Waals surface area contributed by atoms with Crippen molar-refractivity contribution >= 4 is 33.2 Å². The van der Waals surface area contributed by atoms with E-state index < -0.39 is 6.10 Å². The number of nitrogens with zero attached hydrogens (tertiary/aromatic N) is 1. The monoisotopic (exact) mass is 354 g/mol. The summed E-state index contributed by atoms with van der Waals surface area (Å²) in [7, 11) is 0. The van der Waals surface area contributed by atoms with Gasteiger partial charge in [-0.2, -0.15) is 0 Å². The van der Waals surface area contributed by atoms with Crippen LogP contribution >= 0.6 is 11.3 Å². The highest BCUT2D eigenvalue weighted by molar-refractivity contribution is 7.18. The summed E-state index contributed by atoms with van der Waals surface area (Å²) in [5.74, 6) is 0.329. The van der Waals surface area contributed by atoms with Crippen molar-refractivity contribution in [3.05, 3.63) is 59.1 Å². The van der Waals surface area contributed by atoms with E-state index in [9.17, 15) is 9.59 Å². The van der Waals surface area contributed by atoms with Crippen LogP contribution in [0.2, 0.25) is 0 Å². The fourth-order valence-corrected chi connectivity index (χ4v) is 3.23. The smallest absolute Gasteiger partial charge is 0.261 e. The number of ether oxygens (including phenoxy) is 1. The first-order chi connectivity index (χ1) is 12.0. The zero-order valence-corrected chi connectivity index (χ0v) is 14.8. The second kappa shape index (κ2) is 7.44. The number of aromatic nitrogens is 1. The minimum atomic E-state index is -0.641. The summed E-state index contributed by atoms with van der Waals surface area (Å²) >= 11 is 1.56. The molecule has 0 fully saturated rings. The number of thiazole rings is 1. The number of Topliss-reactive ketones (excluding diaryl/α,β-unsaturated/α-hetero) is 1. The minimum Gasteiger partial charge on any atom is -0.481 e. The highest BCUT2D eigenvalue weighted by atomic mass is 32.1. The SMILES string of the molecule is CC(=O)c1ccc(O[C@H](C)C(=O)NCc2nc3ccccc3s2)cc1. The van der Waals surface area contributed by atoms with Gasteiger partial charge in [0.2, 0.25) is 0 Å².